The molecule has 0 spiro atoms. The summed E-state index contributed by atoms with van der Waals surface area (Å²) in [5.74, 6) is -2.92. The molecular weight excluding hydrogens is 743 g/mol. The van der Waals surface area contributed by atoms with Gasteiger partial charge in [-0.1, -0.05) is 0 Å². The van der Waals surface area contributed by atoms with Crippen molar-refractivity contribution in [1.82, 2.24) is 14.9 Å². The number of aliphatic hydroxyl groups excluding tert-OH is 4. The van der Waals surface area contributed by atoms with E-state index in [1.807, 2.05) is 4.98 Å². The zero-order valence-corrected chi connectivity index (χ0v) is 27.3. The molecule has 1 aromatic rings. The minimum Gasteiger partial charge on any atom is -0.479 e. The lowest BCUT2D eigenvalue weighted by atomic mass is 9.96. The molecule has 3 heterocycles. The second kappa shape index (κ2) is 16.4. The third kappa shape index (κ3) is 11.4. The lowest BCUT2D eigenvalue weighted by Gasteiger charge is -2.44. The second-order valence-electron chi connectivity index (χ2n) is 10.1. The molecule has 11 N–H and O–H groups in total. The molecule has 1 amide bonds. The number of amides is 1. The molecule has 0 bridgehead atoms. The Morgan fingerprint density at radius 3 is 2.22 bits per heavy atom. The third-order valence-corrected chi connectivity index (χ3v) is 9.64. The monoisotopic (exact) mass is 775 g/mol. The first-order valence-corrected chi connectivity index (χ1v) is 17.9. The van der Waals surface area contributed by atoms with E-state index in [9.17, 15) is 68.2 Å². The number of aliphatic hydroxyl groups is 4. The highest BCUT2D eigenvalue weighted by molar-refractivity contribution is 7.61. The molecule has 26 nitrogen and oxygen atoms in total. The van der Waals surface area contributed by atoms with Gasteiger partial charge < -0.3 is 64.6 Å². The Bertz CT molecular complexity index is 1600. The highest BCUT2D eigenvalue weighted by Crippen LogP contribution is 2.61. The van der Waals surface area contributed by atoms with Crippen LogP contribution in [0.25, 0.3) is 0 Å². The maximum absolute atomic E-state index is 12.8. The van der Waals surface area contributed by atoms with Crippen LogP contribution in [-0.4, -0.2) is 141 Å². The van der Waals surface area contributed by atoms with Gasteiger partial charge in [0.1, 0.15) is 42.7 Å². The molecule has 0 aromatic carbocycles. The molecule has 49 heavy (non-hydrogen) atoms. The molecule has 29 heteroatoms. The SMILES string of the molecule is CC(=O)NC1C(OP(=O)(O)OP(=O)(O)OC[C@H]2O[C@@H](n3ccc(=O)[nH]c3=O)[C@H](O)[C@@H]2O)OC(CO)C(O)C1OCC(OP(=O)(O)O)C(=O)O. The Balaban J connectivity index is 1.74. The van der Waals surface area contributed by atoms with E-state index in [0.717, 1.165) is 19.2 Å². The van der Waals surface area contributed by atoms with Crippen molar-refractivity contribution in [2.24, 2.45) is 0 Å². The molecule has 2 saturated heterocycles. The van der Waals surface area contributed by atoms with Crippen molar-refractivity contribution in [2.45, 2.75) is 68.2 Å². The van der Waals surface area contributed by atoms with Crippen LogP contribution in [0.4, 0.5) is 0 Å². The number of nitrogens with zero attached hydrogens (tertiary/aromatic N) is 1. The van der Waals surface area contributed by atoms with Crippen LogP contribution in [0.5, 0.6) is 0 Å². The second-order valence-corrected chi connectivity index (χ2v) is 14.3. The summed E-state index contributed by atoms with van der Waals surface area (Å²) in [4.78, 5) is 86.8. The molecule has 0 aliphatic carbocycles. The highest BCUT2D eigenvalue weighted by Gasteiger charge is 2.51. The first-order chi connectivity index (χ1) is 22.5. The summed E-state index contributed by atoms with van der Waals surface area (Å²) in [5, 5.41) is 52.1. The quantitative estimate of drug-likeness (QED) is 0.0700. The smallest absolute Gasteiger partial charge is 0.479 e. The summed E-state index contributed by atoms with van der Waals surface area (Å²) in [7, 11) is -17.0. The lowest BCUT2D eigenvalue weighted by Crippen LogP contribution is -2.65. The summed E-state index contributed by atoms with van der Waals surface area (Å²) in [6.45, 7) is -2.58. The molecule has 8 unspecified atom stereocenters. The van der Waals surface area contributed by atoms with Crippen molar-refractivity contribution >= 4 is 35.3 Å². The summed E-state index contributed by atoms with van der Waals surface area (Å²) < 4.78 is 70.5. The lowest BCUT2D eigenvalue weighted by molar-refractivity contribution is -0.258. The molecular formula is C20H32N3O23P3. The van der Waals surface area contributed by atoms with Crippen LogP contribution in [0.1, 0.15) is 13.2 Å². The van der Waals surface area contributed by atoms with Gasteiger partial charge in [-0.25, -0.2) is 23.3 Å². The molecule has 12 atom stereocenters. The van der Waals surface area contributed by atoms with Gasteiger partial charge in [0.2, 0.25) is 5.91 Å². The Morgan fingerprint density at radius 2 is 1.67 bits per heavy atom. The molecule has 2 aliphatic rings. The summed E-state index contributed by atoms with van der Waals surface area (Å²) in [5.41, 5.74) is -1.85. The molecule has 3 rings (SSSR count). The summed E-state index contributed by atoms with van der Waals surface area (Å²) in [6, 6.07) is -1.04. The van der Waals surface area contributed by atoms with E-state index in [0.29, 0.717) is 4.57 Å². The maximum Gasteiger partial charge on any atom is 0.483 e. The van der Waals surface area contributed by atoms with E-state index in [1.165, 1.54) is 0 Å². The van der Waals surface area contributed by atoms with Crippen LogP contribution in [0, 0.1) is 0 Å². The number of carboxylic acids is 1. The van der Waals surface area contributed by atoms with Crippen molar-refractivity contribution < 1.29 is 100 Å². The number of nitrogens with one attached hydrogen (secondary N) is 2. The van der Waals surface area contributed by atoms with Crippen molar-refractivity contribution in [1.29, 1.82) is 0 Å². The van der Waals surface area contributed by atoms with Crippen molar-refractivity contribution in [3.63, 3.8) is 0 Å². The fourth-order valence-corrected chi connectivity index (χ4v) is 7.10. The molecule has 2 fully saturated rings. The summed E-state index contributed by atoms with van der Waals surface area (Å²) >= 11 is 0. The number of hydrogen-bond acceptors (Lipinski definition) is 18. The molecule has 1 aromatic heterocycles. The topological polar surface area (TPSA) is 399 Å². The molecule has 0 saturated carbocycles. The number of rotatable bonds is 16. The zero-order chi connectivity index (χ0) is 37.1. The van der Waals surface area contributed by atoms with E-state index in [1.54, 1.807) is 0 Å². The van der Waals surface area contributed by atoms with Gasteiger partial charge >= 0.3 is 35.1 Å². The van der Waals surface area contributed by atoms with E-state index < -0.39 is 128 Å². The number of carbonyl (C=O) groups is 2. The minimum atomic E-state index is -5.87. The van der Waals surface area contributed by atoms with E-state index in [-0.39, 0.29) is 0 Å². The highest BCUT2D eigenvalue weighted by atomic mass is 31.3. The van der Waals surface area contributed by atoms with Crippen LogP contribution in [-0.2, 0) is 55.4 Å². The van der Waals surface area contributed by atoms with Crippen LogP contribution in [0.15, 0.2) is 21.9 Å². The maximum atomic E-state index is 12.8. The van der Waals surface area contributed by atoms with E-state index in [2.05, 4.69) is 18.7 Å². The normalized spacial score (nSPS) is 32.1. The Kier molecular flexibility index (Phi) is 13.7. The first-order valence-electron chi connectivity index (χ1n) is 13.4. The third-order valence-electron chi connectivity index (χ3n) is 6.51. The van der Waals surface area contributed by atoms with Crippen molar-refractivity contribution in [2.75, 3.05) is 19.8 Å². The minimum absolute atomic E-state index is 0.676. The van der Waals surface area contributed by atoms with Crippen LogP contribution in [0.2, 0.25) is 0 Å². The van der Waals surface area contributed by atoms with Crippen LogP contribution in [0.3, 0.4) is 0 Å². The Morgan fingerprint density at radius 1 is 1.02 bits per heavy atom. The number of phosphoric acid groups is 3. The first kappa shape index (κ1) is 41.1. The van der Waals surface area contributed by atoms with Crippen LogP contribution < -0.4 is 16.6 Å². The van der Waals surface area contributed by atoms with Gasteiger partial charge in [-0.3, -0.25) is 32.7 Å². The average Bonchev–Trinajstić information content (AvgIpc) is 3.23. The number of carbonyl (C=O) groups excluding carboxylic acids is 1. The Labute approximate surface area is 272 Å². The fraction of sp³-hybridized carbons (Fsp3) is 0.700. The summed E-state index contributed by atoms with van der Waals surface area (Å²) in [6.07, 6.45) is -16.6. The number of hydrogen-bond donors (Lipinski definition) is 11. The largest absolute Gasteiger partial charge is 0.483 e. The van der Waals surface area contributed by atoms with Crippen molar-refractivity contribution in [3.8, 4) is 0 Å². The van der Waals surface area contributed by atoms with Crippen LogP contribution >= 0.6 is 23.5 Å². The number of aromatic amines is 1. The van der Waals surface area contributed by atoms with Gasteiger partial charge in [0.05, 0.1) is 19.8 Å². The van der Waals surface area contributed by atoms with Gasteiger partial charge in [0.25, 0.3) is 5.56 Å². The van der Waals surface area contributed by atoms with Gasteiger partial charge in [-0.2, -0.15) is 4.31 Å². The predicted molar refractivity (Wildman–Crippen MR) is 149 cm³/mol. The van der Waals surface area contributed by atoms with Gasteiger partial charge in [-0.15, -0.1) is 0 Å². The molecule has 2 aliphatic heterocycles. The zero-order valence-electron chi connectivity index (χ0n) is 24.6. The fourth-order valence-electron chi connectivity index (χ4n) is 4.45. The van der Waals surface area contributed by atoms with E-state index in [4.69, 9.17) is 28.5 Å². The molecule has 0 radical (unpaired) electrons. The Hall–Kier alpha value is -2.29. The number of aromatic nitrogens is 2. The number of aliphatic carboxylic acids is 1. The molecule has 280 valence electrons. The van der Waals surface area contributed by atoms with Gasteiger partial charge in [0, 0.05) is 19.2 Å². The number of ether oxygens (including phenoxy) is 3. The number of phosphoric ester groups is 3. The van der Waals surface area contributed by atoms with Gasteiger partial charge in [-0.05, 0) is 0 Å². The van der Waals surface area contributed by atoms with Gasteiger partial charge in [0.15, 0.2) is 18.6 Å². The number of H-pyrrole nitrogens is 1. The average molecular weight is 775 g/mol. The number of carboxylic acid groups (broad SMARTS) is 1. The van der Waals surface area contributed by atoms with E-state index >= 15 is 0 Å². The van der Waals surface area contributed by atoms with Crippen molar-refractivity contribution in [3.05, 3.63) is 33.1 Å². The predicted octanol–water partition coefficient (Wildman–Crippen LogP) is -5.06. The standard InChI is InChI=1S/C20H32N3O23P3/c1-7(25)21-12-16(40-5-10(18(30)31)44-47(33,34)35)14(28)8(4-24)43-19(12)45-49(38,39)46-48(36,37)41-6-9-13(27)15(29)17(42-9)23-3-2-11(26)22-20(23)32/h2-3,8-10,12-17,19,24,27-29H,4-6H2,1H3,(H,21,25)(H,30,31)(H,36,37)(H,38,39)(H,22,26,32)(H2,33,34,35)/t8?,9-,10?,12?,13-,14?,15-,16?,17-,19?/m1/s1.